The number of aromatic nitrogens is 1. The third-order valence-corrected chi connectivity index (χ3v) is 2.95. The van der Waals surface area contributed by atoms with E-state index in [4.69, 9.17) is 0 Å². The lowest BCUT2D eigenvalue weighted by atomic mass is 9.94. The number of carbonyl (C=O) groups is 1. The van der Waals surface area contributed by atoms with Crippen LogP contribution in [0.1, 0.15) is 28.9 Å². The average molecular weight is 203 g/mol. The molecule has 2 nitrogen and oxygen atoms in total. The third-order valence-electron chi connectivity index (χ3n) is 2.95. The van der Waals surface area contributed by atoms with E-state index < -0.39 is 0 Å². The number of aromatic amines is 1. The molecule has 0 amide bonds. The fourth-order valence-electron chi connectivity index (χ4n) is 2.28. The van der Waals surface area contributed by atoms with Crippen molar-refractivity contribution in [1.82, 2.24) is 4.98 Å². The summed E-state index contributed by atoms with van der Waals surface area (Å²) in [6.45, 7) is 0. The molecule has 3 heteroatoms. The minimum Gasteiger partial charge on any atom is -0.358 e. The van der Waals surface area contributed by atoms with Gasteiger partial charge in [0.15, 0.2) is 5.78 Å². The monoisotopic (exact) mass is 203 g/mol. The first-order chi connectivity index (χ1) is 7.25. The van der Waals surface area contributed by atoms with Gasteiger partial charge in [-0.1, -0.05) is 0 Å². The number of rotatable bonds is 0. The second kappa shape index (κ2) is 2.92. The van der Waals surface area contributed by atoms with Crippen LogP contribution in [0.2, 0.25) is 0 Å². The van der Waals surface area contributed by atoms with Crippen LogP contribution < -0.4 is 0 Å². The Hall–Kier alpha value is -1.64. The van der Waals surface area contributed by atoms with E-state index in [0.29, 0.717) is 6.42 Å². The van der Waals surface area contributed by atoms with Crippen LogP contribution in [0.4, 0.5) is 4.39 Å². The lowest BCUT2D eigenvalue weighted by Crippen LogP contribution is -2.08. The molecule has 1 aromatic heterocycles. The van der Waals surface area contributed by atoms with Crippen LogP contribution in [-0.4, -0.2) is 10.8 Å². The highest BCUT2D eigenvalue weighted by Crippen LogP contribution is 2.29. The topological polar surface area (TPSA) is 32.9 Å². The fourth-order valence-corrected chi connectivity index (χ4v) is 2.28. The Morgan fingerprint density at radius 3 is 3.00 bits per heavy atom. The van der Waals surface area contributed by atoms with E-state index in [9.17, 15) is 9.18 Å². The van der Waals surface area contributed by atoms with Gasteiger partial charge in [-0.2, -0.15) is 0 Å². The van der Waals surface area contributed by atoms with Crippen molar-refractivity contribution < 1.29 is 9.18 Å². The number of nitrogens with one attached hydrogen (secondary N) is 1. The molecule has 0 unspecified atom stereocenters. The maximum absolute atomic E-state index is 13.0. The van der Waals surface area contributed by atoms with Crippen molar-refractivity contribution in [3.05, 3.63) is 35.3 Å². The van der Waals surface area contributed by atoms with Gasteiger partial charge >= 0.3 is 0 Å². The molecule has 0 aliphatic heterocycles. The molecule has 0 spiro atoms. The number of H-pyrrole nitrogens is 1. The maximum atomic E-state index is 13.0. The predicted molar refractivity (Wildman–Crippen MR) is 55.5 cm³/mol. The van der Waals surface area contributed by atoms with Crippen molar-refractivity contribution in [1.29, 1.82) is 0 Å². The molecule has 0 saturated carbocycles. The molecule has 0 bridgehead atoms. The van der Waals surface area contributed by atoms with Crippen molar-refractivity contribution in [2.24, 2.45) is 0 Å². The van der Waals surface area contributed by atoms with E-state index in [1.54, 1.807) is 6.07 Å². The normalized spacial score (nSPS) is 15.7. The Labute approximate surface area is 86.1 Å². The third kappa shape index (κ3) is 1.19. The van der Waals surface area contributed by atoms with Gasteiger partial charge < -0.3 is 4.98 Å². The summed E-state index contributed by atoms with van der Waals surface area (Å²) < 4.78 is 13.0. The van der Waals surface area contributed by atoms with Crippen LogP contribution in [0.5, 0.6) is 0 Å². The highest BCUT2D eigenvalue weighted by atomic mass is 19.1. The summed E-state index contributed by atoms with van der Waals surface area (Å²) in [7, 11) is 0. The molecule has 1 aliphatic rings. The van der Waals surface area contributed by atoms with Gasteiger partial charge in [0.05, 0.1) is 0 Å². The molecule has 1 aliphatic carbocycles. The Balaban J connectivity index is 2.36. The van der Waals surface area contributed by atoms with Gasteiger partial charge in [-0.05, 0) is 31.0 Å². The lowest BCUT2D eigenvalue weighted by molar-refractivity contribution is 0.0974. The van der Waals surface area contributed by atoms with Gasteiger partial charge in [0.1, 0.15) is 5.82 Å². The van der Waals surface area contributed by atoms with Gasteiger partial charge in [0, 0.05) is 28.6 Å². The van der Waals surface area contributed by atoms with Gasteiger partial charge in [0.25, 0.3) is 0 Å². The summed E-state index contributed by atoms with van der Waals surface area (Å²) >= 11 is 0. The molecule has 1 heterocycles. The van der Waals surface area contributed by atoms with Crippen LogP contribution >= 0.6 is 0 Å². The smallest absolute Gasteiger partial charge is 0.165 e. The zero-order valence-electron chi connectivity index (χ0n) is 8.14. The van der Waals surface area contributed by atoms with Crippen molar-refractivity contribution in [2.45, 2.75) is 19.3 Å². The average Bonchev–Trinajstić information content (AvgIpc) is 2.56. The molecule has 1 N–H and O–H groups in total. The largest absolute Gasteiger partial charge is 0.358 e. The second-order valence-electron chi connectivity index (χ2n) is 3.95. The van der Waals surface area contributed by atoms with Gasteiger partial charge in [-0.25, -0.2) is 4.39 Å². The van der Waals surface area contributed by atoms with Crippen molar-refractivity contribution in [2.75, 3.05) is 0 Å². The molecular weight excluding hydrogens is 193 g/mol. The number of halogens is 1. The minimum atomic E-state index is -0.270. The Bertz CT molecular complexity index is 556. The number of ketones is 1. The van der Waals surface area contributed by atoms with Crippen molar-refractivity contribution >= 4 is 16.7 Å². The number of hydrogen-bond donors (Lipinski definition) is 1. The van der Waals surface area contributed by atoms with Gasteiger partial charge in [-0.3, -0.25) is 4.79 Å². The first kappa shape index (κ1) is 8.65. The molecule has 1 aromatic carbocycles. The Morgan fingerprint density at radius 1 is 1.27 bits per heavy atom. The molecule has 0 saturated heterocycles. The van der Waals surface area contributed by atoms with E-state index in [1.165, 1.54) is 12.1 Å². The SMILES string of the molecule is O=C1CCCc2[nH]c3cc(F)ccc3c21. The zero-order valence-corrected chi connectivity index (χ0v) is 8.14. The van der Waals surface area contributed by atoms with Crippen molar-refractivity contribution in [3.63, 3.8) is 0 Å². The Morgan fingerprint density at radius 2 is 2.13 bits per heavy atom. The highest BCUT2D eigenvalue weighted by molar-refractivity contribution is 6.09. The van der Waals surface area contributed by atoms with E-state index in [1.807, 2.05) is 0 Å². The molecule has 15 heavy (non-hydrogen) atoms. The Kier molecular flexibility index (Phi) is 1.69. The molecular formula is C12H10FNO. The summed E-state index contributed by atoms with van der Waals surface area (Å²) in [6, 6.07) is 4.53. The fraction of sp³-hybridized carbons (Fsp3) is 0.250. The molecule has 0 atom stereocenters. The van der Waals surface area contributed by atoms with Crippen LogP contribution in [0.15, 0.2) is 18.2 Å². The second-order valence-corrected chi connectivity index (χ2v) is 3.95. The molecule has 76 valence electrons. The maximum Gasteiger partial charge on any atom is 0.165 e. The summed E-state index contributed by atoms with van der Waals surface area (Å²) in [6.07, 6.45) is 2.38. The summed E-state index contributed by atoms with van der Waals surface area (Å²) in [5.74, 6) is -0.0948. The van der Waals surface area contributed by atoms with E-state index >= 15 is 0 Å². The van der Waals surface area contributed by atoms with Crippen LogP contribution in [0.25, 0.3) is 10.9 Å². The molecule has 2 aromatic rings. The van der Waals surface area contributed by atoms with Crippen molar-refractivity contribution in [3.8, 4) is 0 Å². The predicted octanol–water partition coefficient (Wildman–Crippen LogP) is 2.83. The minimum absolute atomic E-state index is 0.175. The summed E-state index contributed by atoms with van der Waals surface area (Å²) in [5.41, 5.74) is 2.47. The number of hydrogen-bond acceptors (Lipinski definition) is 1. The van der Waals surface area contributed by atoms with Gasteiger partial charge in [0.2, 0.25) is 0 Å². The number of carbonyl (C=O) groups excluding carboxylic acids is 1. The van der Waals surface area contributed by atoms with Crippen LogP contribution in [-0.2, 0) is 6.42 Å². The summed E-state index contributed by atoms with van der Waals surface area (Å²) in [4.78, 5) is 14.9. The number of fused-ring (bicyclic) bond motifs is 3. The first-order valence-corrected chi connectivity index (χ1v) is 5.09. The summed E-state index contributed by atoms with van der Waals surface area (Å²) in [5, 5.41) is 0.858. The lowest BCUT2D eigenvalue weighted by Gasteiger charge is -2.09. The molecule has 0 radical (unpaired) electrons. The highest BCUT2D eigenvalue weighted by Gasteiger charge is 2.21. The van der Waals surface area contributed by atoms with E-state index in [0.717, 1.165) is 35.0 Å². The number of aryl methyl sites for hydroxylation is 1. The standard InChI is InChI=1S/C12H10FNO/c13-7-4-5-8-10(6-7)14-9-2-1-3-11(15)12(8)9/h4-6,14H,1-3H2. The van der Waals surface area contributed by atoms with Crippen LogP contribution in [0.3, 0.4) is 0 Å². The zero-order chi connectivity index (χ0) is 10.4. The van der Waals surface area contributed by atoms with E-state index in [2.05, 4.69) is 4.98 Å². The molecule has 3 rings (SSSR count). The number of Topliss-reactive ketones (excluding diaryl/α,β-unsaturated/α-hetero) is 1. The quantitative estimate of drug-likeness (QED) is 0.701. The van der Waals surface area contributed by atoms with E-state index in [-0.39, 0.29) is 11.6 Å². The molecule has 0 fully saturated rings. The first-order valence-electron chi connectivity index (χ1n) is 5.09. The van der Waals surface area contributed by atoms with Gasteiger partial charge in [-0.15, -0.1) is 0 Å². The van der Waals surface area contributed by atoms with Crippen LogP contribution in [0, 0.1) is 5.82 Å². The number of benzene rings is 1.